The largest absolute Gasteiger partial charge is 0.346 e. The maximum Gasteiger partial charge on any atom is 0.251 e. The van der Waals surface area contributed by atoms with Gasteiger partial charge in [-0.15, -0.1) is 0 Å². The molecule has 0 bridgehead atoms. The van der Waals surface area contributed by atoms with E-state index >= 15 is 0 Å². The van der Waals surface area contributed by atoms with Crippen molar-refractivity contribution in [3.63, 3.8) is 0 Å². The van der Waals surface area contributed by atoms with Crippen LogP contribution in [0.3, 0.4) is 0 Å². The summed E-state index contributed by atoms with van der Waals surface area (Å²) < 4.78 is 26.4. The summed E-state index contributed by atoms with van der Waals surface area (Å²) in [6.07, 6.45) is 0.987. The van der Waals surface area contributed by atoms with E-state index in [0.717, 1.165) is 17.9 Å². The van der Waals surface area contributed by atoms with Crippen LogP contribution in [0.25, 0.3) is 0 Å². The van der Waals surface area contributed by atoms with Crippen LogP contribution in [0.15, 0.2) is 42.5 Å². The fourth-order valence-corrected chi connectivity index (χ4v) is 2.12. The number of halogens is 2. The molecule has 2 rings (SSSR count). The van der Waals surface area contributed by atoms with Gasteiger partial charge in [0.15, 0.2) is 0 Å². The van der Waals surface area contributed by atoms with Gasteiger partial charge in [-0.1, -0.05) is 12.1 Å². The first-order valence-corrected chi connectivity index (χ1v) is 6.79. The number of aldehydes is 1. The molecule has 0 fully saturated rings. The summed E-state index contributed by atoms with van der Waals surface area (Å²) in [5.74, 6) is -1.75. The van der Waals surface area contributed by atoms with Gasteiger partial charge in [-0.3, -0.25) is 4.79 Å². The Hall–Kier alpha value is -2.56. The zero-order valence-corrected chi connectivity index (χ0v) is 12.0. The van der Waals surface area contributed by atoms with Crippen LogP contribution in [0.2, 0.25) is 0 Å². The molecule has 22 heavy (non-hydrogen) atoms. The Morgan fingerprint density at radius 2 is 1.86 bits per heavy atom. The minimum absolute atomic E-state index is 0.228. The molecule has 0 aliphatic heterocycles. The molecule has 0 saturated carbocycles. The summed E-state index contributed by atoms with van der Waals surface area (Å²) in [7, 11) is 0. The average molecular weight is 303 g/mol. The van der Waals surface area contributed by atoms with E-state index in [-0.39, 0.29) is 12.3 Å². The van der Waals surface area contributed by atoms with Gasteiger partial charge in [-0.25, -0.2) is 8.78 Å². The highest BCUT2D eigenvalue weighted by molar-refractivity contribution is 5.94. The lowest BCUT2D eigenvalue weighted by molar-refractivity contribution is -0.107. The second-order valence-electron chi connectivity index (χ2n) is 4.97. The quantitative estimate of drug-likeness (QED) is 0.862. The molecule has 1 atom stereocenters. The normalized spacial score (nSPS) is 11.8. The molecule has 0 spiro atoms. The van der Waals surface area contributed by atoms with Crippen molar-refractivity contribution < 1.29 is 18.4 Å². The number of amides is 1. The van der Waals surface area contributed by atoms with Crippen LogP contribution in [0.5, 0.6) is 0 Å². The molecule has 0 aliphatic carbocycles. The van der Waals surface area contributed by atoms with Gasteiger partial charge in [0, 0.05) is 18.1 Å². The van der Waals surface area contributed by atoms with Crippen LogP contribution >= 0.6 is 0 Å². The summed E-state index contributed by atoms with van der Waals surface area (Å²) in [6.45, 7) is 1.64. The van der Waals surface area contributed by atoms with Gasteiger partial charge in [0.25, 0.3) is 5.91 Å². The fourth-order valence-electron chi connectivity index (χ4n) is 2.12. The number of nitrogens with one attached hydrogen (secondary N) is 1. The first-order chi connectivity index (χ1) is 10.5. The lowest BCUT2D eigenvalue weighted by atomic mass is 10.1. The van der Waals surface area contributed by atoms with Crippen molar-refractivity contribution in [2.45, 2.75) is 19.4 Å². The molecule has 0 aliphatic rings. The van der Waals surface area contributed by atoms with E-state index < -0.39 is 17.7 Å². The van der Waals surface area contributed by atoms with Crippen molar-refractivity contribution >= 4 is 12.2 Å². The van der Waals surface area contributed by atoms with Crippen molar-refractivity contribution in [1.29, 1.82) is 0 Å². The zero-order valence-electron chi connectivity index (χ0n) is 12.0. The predicted octanol–water partition coefficient (Wildman–Crippen LogP) is 3.20. The van der Waals surface area contributed by atoms with Gasteiger partial charge in [-0.2, -0.15) is 0 Å². The Morgan fingerprint density at radius 1 is 1.18 bits per heavy atom. The smallest absolute Gasteiger partial charge is 0.251 e. The molecule has 5 heteroatoms. The Morgan fingerprint density at radius 3 is 2.50 bits per heavy atom. The molecule has 1 unspecified atom stereocenters. The summed E-state index contributed by atoms with van der Waals surface area (Å²) in [4.78, 5) is 22.7. The number of rotatable bonds is 5. The van der Waals surface area contributed by atoms with Crippen molar-refractivity contribution in [1.82, 2.24) is 5.32 Å². The van der Waals surface area contributed by atoms with E-state index in [1.807, 2.05) is 0 Å². The molecule has 1 amide bonds. The summed E-state index contributed by atoms with van der Waals surface area (Å²) in [5.41, 5.74) is 1.46. The van der Waals surface area contributed by atoms with Gasteiger partial charge in [0.1, 0.15) is 17.9 Å². The van der Waals surface area contributed by atoms with Crippen molar-refractivity contribution in [3.8, 4) is 0 Å². The lowest BCUT2D eigenvalue weighted by Crippen LogP contribution is -2.26. The SMILES string of the molecule is CC(NC(=O)c1cccc(CC=O)c1)c1cc(F)cc(F)c1. The van der Waals surface area contributed by atoms with E-state index in [1.165, 1.54) is 12.1 Å². The standard InChI is InChI=1S/C17H15F2NO2/c1-11(14-8-15(18)10-16(19)9-14)20-17(22)13-4-2-3-12(7-13)5-6-21/h2-4,6-11H,5H2,1H3,(H,20,22). The molecule has 0 aromatic heterocycles. The van der Waals surface area contributed by atoms with Gasteiger partial charge in [0.2, 0.25) is 0 Å². The van der Waals surface area contributed by atoms with E-state index in [4.69, 9.17) is 0 Å². The summed E-state index contributed by atoms with van der Waals surface area (Å²) in [5, 5.41) is 2.68. The Balaban J connectivity index is 2.13. The second kappa shape index (κ2) is 6.93. The first kappa shape index (κ1) is 15.8. The highest BCUT2D eigenvalue weighted by Crippen LogP contribution is 2.17. The molecular weight excluding hydrogens is 288 g/mol. The maximum absolute atomic E-state index is 13.2. The molecule has 0 radical (unpaired) electrons. The Labute approximate surface area is 127 Å². The van der Waals surface area contributed by atoms with Crippen LogP contribution in [0.4, 0.5) is 8.78 Å². The minimum atomic E-state index is -0.691. The van der Waals surface area contributed by atoms with Crippen LogP contribution in [-0.2, 0) is 11.2 Å². The Bertz CT molecular complexity index is 681. The molecule has 2 aromatic carbocycles. The van der Waals surface area contributed by atoms with Crippen LogP contribution in [-0.4, -0.2) is 12.2 Å². The van der Waals surface area contributed by atoms with Crippen LogP contribution < -0.4 is 5.32 Å². The third-order valence-corrected chi connectivity index (χ3v) is 3.24. The van der Waals surface area contributed by atoms with Gasteiger partial charge < -0.3 is 10.1 Å². The van der Waals surface area contributed by atoms with Crippen molar-refractivity contribution in [2.75, 3.05) is 0 Å². The molecule has 3 nitrogen and oxygen atoms in total. The van der Waals surface area contributed by atoms with E-state index in [9.17, 15) is 18.4 Å². The second-order valence-corrected chi connectivity index (χ2v) is 4.97. The molecule has 1 N–H and O–H groups in total. The van der Waals surface area contributed by atoms with Crippen molar-refractivity contribution in [2.24, 2.45) is 0 Å². The number of benzene rings is 2. The highest BCUT2D eigenvalue weighted by Gasteiger charge is 2.13. The lowest BCUT2D eigenvalue weighted by Gasteiger charge is -2.15. The summed E-state index contributed by atoms with van der Waals surface area (Å²) in [6, 6.07) is 9.24. The van der Waals surface area contributed by atoms with E-state index in [2.05, 4.69) is 5.32 Å². The molecule has 0 saturated heterocycles. The number of carbonyl (C=O) groups excluding carboxylic acids is 2. The number of hydrogen-bond acceptors (Lipinski definition) is 2. The average Bonchev–Trinajstić information content (AvgIpc) is 2.46. The van der Waals surface area contributed by atoms with Gasteiger partial charge in [0.05, 0.1) is 6.04 Å². The van der Waals surface area contributed by atoms with E-state index in [1.54, 1.807) is 31.2 Å². The van der Waals surface area contributed by atoms with Gasteiger partial charge in [-0.05, 0) is 42.3 Å². The third-order valence-electron chi connectivity index (χ3n) is 3.24. The van der Waals surface area contributed by atoms with E-state index in [0.29, 0.717) is 11.1 Å². The molecular formula is C17H15F2NO2. The zero-order chi connectivity index (χ0) is 16.1. The monoisotopic (exact) mass is 303 g/mol. The number of carbonyl (C=O) groups is 2. The minimum Gasteiger partial charge on any atom is -0.346 e. The van der Waals surface area contributed by atoms with Crippen molar-refractivity contribution in [3.05, 3.63) is 70.8 Å². The highest BCUT2D eigenvalue weighted by atomic mass is 19.1. The topological polar surface area (TPSA) is 46.2 Å². The van der Waals surface area contributed by atoms with Gasteiger partial charge >= 0.3 is 0 Å². The number of hydrogen-bond donors (Lipinski definition) is 1. The third kappa shape index (κ3) is 3.97. The first-order valence-electron chi connectivity index (χ1n) is 6.79. The maximum atomic E-state index is 13.2. The molecule has 114 valence electrons. The fraction of sp³-hybridized carbons (Fsp3) is 0.176. The predicted molar refractivity (Wildman–Crippen MR) is 78.4 cm³/mol. The van der Waals surface area contributed by atoms with Crippen LogP contribution in [0.1, 0.15) is 34.5 Å². The van der Waals surface area contributed by atoms with Crippen LogP contribution in [0, 0.1) is 11.6 Å². The molecule has 2 aromatic rings. The summed E-state index contributed by atoms with van der Waals surface area (Å²) >= 11 is 0. The Kier molecular flexibility index (Phi) is 4.99. The molecule has 0 heterocycles.